The van der Waals surface area contributed by atoms with Crippen LogP contribution in [0.1, 0.15) is 65.9 Å². The van der Waals surface area contributed by atoms with Gasteiger partial charge in [-0.05, 0) is 76.4 Å². The van der Waals surface area contributed by atoms with Gasteiger partial charge < -0.3 is 16.0 Å². The third-order valence-electron chi connectivity index (χ3n) is 4.36. The first kappa shape index (κ1) is 18.2. The second-order valence-electron chi connectivity index (χ2n) is 8.37. The average molecular weight is 334 g/mol. The van der Waals surface area contributed by atoms with E-state index in [0.29, 0.717) is 17.1 Å². The molecule has 0 spiro atoms. The van der Waals surface area contributed by atoms with Crippen molar-refractivity contribution < 1.29 is 0 Å². The lowest BCUT2D eigenvalue weighted by atomic mass is 9.80. The van der Waals surface area contributed by atoms with Crippen molar-refractivity contribution in [3.05, 3.63) is 29.8 Å². The maximum Gasteiger partial charge on any atom is 0.170 e. The molecule has 128 valence electrons. The zero-order valence-electron chi connectivity index (χ0n) is 15.3. The first-order valence-corrected chi connectivity index (χ1v) is 8.94. The summed E-state index contributed by atoms with van der Waals surface area (Å²) in [5.41, 5.74) is 2.62. The van der Waals surface area contributed by atoms with E-state index in [2.05, 4.69) is 81.8 Å². The predicted octanol–water partition coefficient (Wildman–Crippen LogP) is 4.41. The summed E-state index contributed by atoms with van der Waals surface area (Å²) in [6.07, 6.45) is 2.12. The van der Waals surface area contributed by atoms with Gasteiger partial charge in [-0.15, -0.1) is 0 Å². The summed E-state index contributed by atoms with van der Waals surface area (Å²) in [5, 5.41) is 11.2. The van der Waals surface area contributed by atoms with E-state index in [1.165, 1.54) is 5.56 Å². The number of rotatable bonds is 3. The van der Waals surface area contributed by atoms with Crippen molar-refractivity contribution in [2.45, 2.75) is 77.4 Å². The SMILES string of the molecule is CC(C)c1ccc(NC(=S)NC2CC(C)(C)NC(C)(C)C2)cc1. The Morgan fingerprint density at radius 2 is 1.61 bits per heavy atom. The smallest absolute Gasteiger partial charge is 0.170 e. The largest absolute Gasteiger partial charge is 0.360 e. The second kappa shape index (κ2) is 6.78. The highest BCUT2D eigenvalue weighted by Gasteiger charge is 2.37. The highest BCUT2D eigenvalue weighted by atomic mass is 32.1. The number of thiocarbonyl (C=S) groups is 1. The Hall–Kier alpha value is -1.13. The Morgan fingerprint density at radius 3 is 2.09 bits per heavy atom. The summed E-state index contributed by atoms with van der Waals surface area (Å²) in [6, 6.07) is 8.90. The quantitative estimate of drug-likeness (QED) is 0.716. The molecule has 23 heavy (non-hydrogen) atoms. The van der Waals surface area contributed by atoms with Gasteiger partial charge in [0, 0.05) is 22.8 Å². The first-order valence-electron chi connectivity index (χ1n) is 8.53. The van der Waals surface area contributed by atoms with Gasteiger partial charge in [-0.25, -0.2) is 0 Å². The van der Waals surface area contributed by atoms with Gasteiger partial charge in [0.1, 0.15) is 0 Å². The molecule has 0 saturated carbocycles. The molecule has 1 aromatic carbocycles. The summed E-state index contributed by atoms with van der Waals surface area (Å²) in [5.74, 6) is 0.549. The van der Waals surface area contributed by atoms with Crippen molar-refractivity contribution in [1.29, 1.82) is 0 Å². The van der Waals surface area contributed by atoms with Crippen molar-refractivity contribution in [3.63, 3.8) is 0 Å². The number of hydrogen-bond acceptors (Lipinski definition) is 2. The summed E-state index contributed by atoms with van der Waals surface area (Å²) < 4.78 is 0. The van der Waals surface area contributed by atoms with Crippen LogP contribution in [0.15, 0.2) is 24.3 Å². The molecule has 0 radical (unpaired) electrons. The van der Waals surface area contributed by atoms with Crippen molar-refractivity contribution in [2.24, 2.45) is 0 Å². The van der Waals surface area contributed by atoms with Gasteiger partial charge >= 0.3 is 0 Å². The monoisotopic (exact) mass is 333 g/mol. The van der Waals surface area contributed by atoms with E-state index < -0.39 is 0 Å². The molecule has 1 heterocycles. The van der Waals surface area contributed by atoms with Crippen LogP contribution in [0.3, 0.4) is 0 Å². The van der Waals surface area contributed by atoms with Crippen LogP contribution in [0, 0.1) is 0 Å². The summed E-state index contributed by atoms with van der Waals surface area (Å²) in [6.45, 7) is 13.4. The molecule has 0 unspecified atom stereocenters. The van der Waals surface area contributed by atoms with Crippen molar-refractivity contribution in [2.75, 3.05) is 5.32 Å². The minimum atomic E-state index is 0.119. The second-order valence-corrected chi connectivity index (χ2v) is 8.78. The van der Waals surface area contributed by atoms with Crippen LogP contribution in [0.4, 0.5) is 5.69 Å². The topological polar surface area (TPSA) is 36.1 Å². The number of piperidine rings is 1. The van der Waals surface area contributed by atoms with Gasteiger partial charge in [0.25, 0.3) is 0 Å². The average Bonchev–Trinajstić information content (AvgIpc) is 2.34. The molecular formula is C19H31N3S. The Kier molecular flexibility index (Phi) is 5.37. The van der Waals surface area contributed by atoms with Crippen LogP contribution in [0.2, 0.25) is 0 Å². The molecule has 0 atom stereocenters. The molecule has 1 aliphatic heterocycles. The summed E-state index contributed by atoms with van der Waals surface area (Å²) in [4.78, 5) is 0. The lowest BCUT2D eigenvalue weighted by Crippen LogP contribution is -2.62. The van der Waals surface area contributed by atoms with Crippen molar-refractivity contribution >= 4 is 23.0 Å². The van der Waals surface area contributed by atoms with Crippen LogP contribution >= 0.6 is 12.2 Å². The molecule has 3 nitrogen and oxygen atoms in total. The highest BCUT2D eigenvalue weighted by molar-refractivity contribution is 7.80. The summed E-state index contributed by atoms with van der Waals surface area (Å²) >= 11 is 5.51. The molecule has 0 bridgehead atoms. The minimum Gasteiger partial charge on any atom is -0.360 e. The fourth-order valence-corrected chi connectivity index (χ4v) is 4.01. The van der Waals surface area contributed by atoms with Crippen LogP contribution in [0.25, 0.3) is 0 Å². The molecule has 0 amide bonds. The van der Waals surface area contributed by atoms with E-state index >= 15 is 0 Å². The maximum absolute atomic E-state index is 5.51. The molecule has 1 aliphatic rings. The van der Waals surface area contributed by atoms with Crippen LogP contribution < -0.4 is 16.0 Å². The van der Waals surface area contributed by atoms with Gasteiger partial charge in [0.05, 0.1) is 0 Å². The fourth-order valence-electron chi connectivity index (χ4n) is 3.73. The van der Waals surface area contributed by atoms with E-state index in [4.69, 9.17) is 12.2 Å². The van der Waals surface area contributed by atoms with E-state index in [1.807, 2.05) is 0 Å². The number of hydrogen-bond donors (Lipinski definition) is 3. The number of anilines is 1. The lowest BCUT2D eigenvalue weighted by Gasteiger charge is -2.46. The third kappa shape index (κ3) is 5.47. The molecular weight excluding hydrogens is 302 g/mol. The van der Waals surface area contributed by atoms with Crippen molar-refractivity contribution in [3.8, 4) is 0 Å². The molecule has 2 rings (SSSR count). The normalized spacial score (nSPS) is 20.3. The molecule has 3 N–H and O–H groups in total. The number of nitrogens with one attached hydrogen (secondary N) is 3. The predicted molar refractivity (Wildman–Crippen MR) is 104 cm³/mol. The van der Waals surface area contributed by atoms with Crippen LogP contribution in [0.5, 0.6) is 0 Å². The Labute approximate surface area is 146 Å². The van der Waals surface area contributed by atoms with E-state index in [0.717, 1.165) is 18.5 Å². The third-order valence-corrected chi connectivity index (χ3v) is 4.58. The Morgan fingerprint density at radius 1 is 1.09 bits per heavy atom. The zero-order valence-corrected chi connectivity index (χ0v) is 16.1. The fraction of sp³-hybridized carbons (Fsp3) is 0.632. The van der Waals surface area contributed by atoms with Gasteiger partial charge in [-0.1, -0.05) is 26.0 Å². The minimum absolute atomic E-state index is 0.119. The van der Waals surface area contributed by atoms with Crippen LogP contribution in [-0.4, -0.2) is 22.2 Å². The molecule has 1 saturated heterocycles. The first-order chi connectivity index (χ1) is 10.6. The molecule has 1 aromatic rings. The maximum atomic E-state index is 5.51. The van der Waals surface area contributed by atoms with Gasteiger partial charge in [0.2, 0.25) is 0 Å². The summed E-state index contributed by atoms with van der Waals surface area (Å²) in [7, 11) is 0. The molecule has 1 fully saturated rings. The lowest BCUT2D eigenvalue weighted by molar-refractivity contribution is 0.156. The van der Waals surface area contributed by atoms with Crippen molar-refractivity contribution in [1.82, 2.24) is 10.6 Å². The van der Waals surface area contributed by atoms with Gasteiger partial charge in [-0.3, -0.25) is 0 Å². The van der Waals surface area contributed by atoms with Gasteiger partial charge in [-0.2, -0.15) is 0 Å². The van der Waals surface area contributed by atoms with Crippen LogP contribution in [-0.2, 0) is 0 Å². The van der Waals surface area contributed by atoms with E-state index in [1.54, 1.807) is 0 Å². The van der Waals surface area contributed by atoms with Gasteiger partial charge in [0.15, 0.2) is 5.11 Å². The Balaban J connectivity index is 1.94. The molecule has 0 aliphatic carbocycles. The highest BCUT2D eigenvalue weighted by Crippen LogP contribution is 2.28. The van der Waals surface area contributed by atoms with E-state index in [-0.39, 0.29) is 11.1 Å². The Bertz CT molecular complexity index is 530. The zero-order chi connectivity index (χ0) is 17.3. The standard InChI is InChI=1S/C19H31N3S/c1-13(2)14-7-9-15(10-8-14)20-17(23)21-16-11-18(3,4)22-19(5,6)12-16/h7-10,13,16,22H,11-12H2,1-6H3,(H2,20,21,23). The number of benzene rings is 1. The van der Waals surface area contributed by atoms with E-state index in [9.17, 15) is 0 Å². The molecule has 0 aromatic heterocycles. The molecule has 4 heteroatoms.